The molecule has 0 spiro atoms. The van der Waals surface area contributed by atoms with E-state index < -0.39 is 29.2 Å². The molecule has 2 fully saturated rings. The maximum Gasteiger partial charge on any atom is 0.416 e. The number of nitrogens with zero attached hydrogens (tertiary/aromatic N) is 5. The van der Waals surface area contributed by atoms with Crippen molar-refractivity contribution in [1.29, 1.82) is 0 Å². The van der Waals surface area contributed by atoms with E-state index in [0.29, 0.717) is 48.8 Å². The number of fused-ring (bicyclic) bond motifs is 1. The number of β-amino-alcohol motifs (C(OH)–C–C–N with tert-alkyl or cyclic N) is 1. The van der Waals surface area contributed by atoms with Crippen LogP contribution in [0.3, 0.4) is 0 Å². The third kappa shape index (κ3) is 5.39. The van der Waals surface area contributed by atoms with Crippen LogP contribution in [0.4, 0.5) is 24.8 Å². The Morgan fingerprint density at radius 1 is 1.12 bits per heavy atom. The highest BCUT2D eigenvalue weighted by Crippen LogP contribution is 2.37. The Labute approximate surface area is 243 Å². The minimum absolute atomic E-state index is 0.0704. The maximum atomic E-state index is 13.2. The SMILES string of the molecule is CC1(C(=O)N2CC(O)CC(c3nc(-c4ccc(C(=O)Nc5cc(C(F)(F)F)ccn5)cc4)c4c(N)nccn34)C2)COC1. The van der Waals surface area contributed by atoms with E-state index in [1.807, 2.05) is 6.92 Å². The second-order valence-corrected chi connectivity index (χ2v) is 11.2. The third-order valence-electron chi connectivity index (χ3n) is 7.80. The molecule has 2 aliphatic rings. The van der Waals surface area contributed by atoms with Crippen LogP contribution in [0.25, 0.3) is 16.8 Å². The zero-order valence-electron chi connectivity index (χ0n) is 23.0. The number of amides is 2. The van der Waals surface area contributed by atoms with Crippen molar-refractivity contribution in [3.05, 3.63) is 71.9 Å². The first kappa shape index (κ1) is 28.6. The summed E-state index contributed by atoms with van der Waals surface area (Å²) in [4.78, 5) is 40.6. The lowest BCUT2D eigenvalue weighted by Crippen LogP contribution is -2.57. The first-order valence-electron chi connectivity index (χ1n) is 13.6. The number of ether oxygens (including phenoxy) is 1. The van der Waals surface area contributed by atoms with Crippen molar-refractivity contribution in [1.82, 2.24) is 24.3 Å². The molecule has 2 amide bonds. The van der Waals surface area contributed by atoms with Gasteiger partial charge in [0.1, 0.15) is 28.7 Å². The van der Waals surface area contributed by atoms with E-state index in [4.69, 9.17) is 15.5 Å². The Hall–Kier alpha value is -4.56. The zero-order chi connectivity index (χ0) is 30.5. The third-order valence-corrected chi connectivity index (χ3v) is 7.80. The van der Waals surface area contributed by atoms with E-state index in [9.17, 15) is 27.9 Å². The molecule has 2 saturated heterocycles. The van der Waals surface area contributed by atoms with E-state index in [-0.39, 0.29) is 35.6 Å². The molecular weight excluding hydrogens is 567 g/mol. The predicted octanol–water partition coefficient (Wildman–Crippen LogP) is 3.36. The molecule has 0 bridgehead atoms. The number of rotatable bonds is 5. The number of nitrogen functional groups attached to an aromatic ring is 1. The van der Waals surface area contributed by atoms with Crippen molar-refractivity contribution < 1.29 is 32.6 Å². The van der Waals surface area contributed by atoms with Crippen LogP contribution in [0.5, 0.6) is 0 Å². The second kappa shape index (κ2) is 10.6. The number of nitrogens with one attached hydrogen (secondary N) is 1. The highest BCUT2D eigenvalue weighted by atomic mass is 19.4. The summed E-state index contributed by atoms with van der Waals surface area (Å²) in [7, 11) is 0. The molecule has 0 radical (unpaired) electrons. The fraction of sp³-hybridized carbons (Fsp3) is 0.345. The van der Waals surface area contributed by atoms with Crippen LogP contribution in [0.2, 0.25) is 0 Å². The van der Waals surface area contributed by atoms with Gasteiger partial charge in [-0.25, -0.2) is 15.0 Å². The van der Waals surface area contributed by atoms with Crippen LogP contribution >= 0.6 is 0 Å². The number of halogens is 3. The summed E-state index contributed by atoms with van der Waals surface area (Å²) in [6, 6.07) is 7.91. The number of benzene rings is 1. The van der Waals surface area contributed by atoms with Gasteiger partial charge in [0.25, 0.3) is 5.91 Å². The number of anilines is 2. The average molecular weight is 596 g/mol. The monoisotopic (exact) mass is 595 g/mol. The Kier molecular flexibility index (Phi) is 7.05. The van der Waals surface area contributed by atoms with Gasteiger partial charge in [0.2, 0.25) is 5.91 Å². The Morgan fingerprint density at radius 2 is 1.86 bits per heavy atom. The number of imidazole rings is 1. The van der Waals surface area contributed by atoms with Gasteiger partial charge in [0, 0.05) is 48.7 Å². The topological polar surface area (TPSA) is 148 Å². The summed E-state index contributed by atoms with van der Waals surface area (Å²) in [6.07, 6.45) is -0.687. The quantitative estimate of drug-likeness (QED) is 0.318. The van der Waals surface area contributed by atoms with Crippen LogP contribution in [0.15, 0.2) is 55.0 Å². The Balaban J connectivity index is 1.28. The minimum Gasteiger partial charge on any atom is -0.391 e. The first-order valence-corrected chi connectivity index (χ1v) is 13.6. The molecular formula is C29H28F3N7O4. The standard InChI is InChI=1S/C29H28F3N7O4/c1-28(14-43-15-28)27(42)38-12-18(10-20(40)13-38)25-37-22(23-24(33)35-8-9-39(23)25)16-2-4-17(5-3-16)26(41)36-21-11-19(6-7-34-21)29(30,31)32/h2-9,11,18,20,40H,10,12-15H2,1H3,(H2,33,35)(H,34,36,41). The van der Waals surface area contributed by atoms with Crippen molar-refractivity contribution in [2.24, 2.45) is 5.41 Å². The Bertz CT molecular complexity index is 1700. The molecule has 2 unspecified atom stereocenters. The van der Waals surface area contributed by atoms with Gasteiger partial charge >= 0.3 is 6.18 Å². The lowest BCUT2D eigenvalue weighted by atomic mass is 9.85. The van der Waals surface area contributed by atoms with Crippen molar-refractivity contribution in [2.45, 2.75) is 31.5 Å². The number of alkyl halides is 3. The smallest absolute Gasteiger partial charge is 0.391 e. The largest absolute Gasteiger partial charge is 0.416 e. The van der Waals surface area contributed by atoms with E-state index in [1.54, 1.807) is 33.8 Å². The number of pyridine rings is 1. The number of aliphatic hydroxyl groups is 1. The van der Waals surface area contributed by atoms with Crippen LogP contribution in [0, 0.1) is 5.41 Å². The predicted molar refractivity (Wildman–Crippen MR) is 149 cm³/mol. The number of aliphatic hydroxyl groups excluding tert-OH is 1. The van der Waals surface area contributed by atoms with Gasteiger partial charge in [-0.05, 0) is 37.6 Å². The minimum atomic E-state index is -4.57. The van der Waals surface area contributed by atoms with E-state index >= 15 is 0 Å². The first-order chi connectivity index (χ1) is 20.4. The molecule has 6 rings (SSSR count). The molecule has 4 aromatic rings. The number of piperidine rings is 1. The number of nitrogens with two attached hydrogens (primary N) is 1. The van der Waals surface area contributed by atoms with Gasteiger partial charge in [-0.3, -0.25) is 14.0 Å². The fourth-order valence-corrected chi connectivity index (χ4v) is 5.56. The molecule has 0 aliphatic carbocycles. The summed E-state index contributed by atoms with van der Waals surface area (Å²) in [5, 5.41) is 13.1. The molecule has 2 atom stereocenters. The van der Waals surface area contributed by atoms with Gasteiger partial charge in [0.05, 0.1) is 30.3 Å². The summed E-state index contributed by atoms with van der Waals surface area (Å²) in [5.41, 5.74) is 6.56. The number of carbonyl (C=O) groups excluding carboxylic acids is 2. The summed E-state index contributed by atoms with van der Waals surface area (Å²) < 4.78 is 46.2. The van der Waals surface area contributed by atoms with Crippen LogP contribution in [-0.2, 0) is 15.7 Å². The summed E-state index contributed by atoms with van der Waals surface area (Å²) in [6.45, 7) is 3.11. The molecule has 224 valence electrons. The van der Waals surface area contributed by atoms with Crippen molar-refractivity contribution in [3.8, 4) is 11.3 Å². The molecule has 4 N–H and O–H groups in total. The fourth-order valence-electron chi connectivity index (χ4n) is 5.56. The number of likely N-dealkylation sites (tertiary alicyclic amines) is 1. The number of hydrogen-bond acceptors (Lipinski definition) is 8. The lowest BCUT2D eigenvalue weighted by Gasteiger charge is -2.43. The Morgan fingerprint density at radius 3 is 2.53 bits per heavy atom. The van der Waals surface area contributed by atoms with Gasteiger partial charge < -0.3 is 25.8 Å². The second-order valence-electron chi connectivity index (χ2n) is 11.2. The molecule has 3 aromatic heterocycles. The van der Waals surface area contributed by atoms with Crippen molar-refractivity contribution >= 4 is 29.0 Å². The molecule has 0 saturated carbocycles. The van der Waals surface area contributed by atoms with Crippen LogP contribution < -0.4 is 11.1 Å². The lowest BCUT2D eigenvalue weighted by molar-refractivity contribution is -0.172. The number of aromatic nitrogens is 4. The normalized spacial score (nSPS) is 20.1. The van der Waals surface area contributed by atoms with E-state index in [0.717, 1.165) is 18.3 Å². The zero-order valence-corrected chi connectivity index (χ0v) is 23.0. The van der Waals surface area contributed by atoms with Gasteiger partial charge in [-0.2, -0.15) is 13.2 Å². The van der Waals surface area contributed by atoms with Crippen molar-refractivity contribution in [2.75, 3.05) is 37.4 Å². The highest BCUT2D eigenvalue weighted by molar-refractivity contribution is 6.04. The van der Waals surface area contributed by atoms with Crippen molar-refractivity contribution in [3.63, 3.8) is 0 Å². The molecule has 5 heterocycles. The molecule has 14 heteroatoms. The van der Waals surface area contributed by atoms with Gasteiger partial charge in [-0.1, -0.05) is 12.1 Å². The number of hydrogen-bond donors (Lipinski definition) is 3. The molecule has 43 heavy (non-hydrogen) atoms. The maximum absolute atomic E-state index is 13.2. The number of carbonyl (C=O) groups is 2. The highest BCUT2D eigenvalue weighted by Gasteiger charge is 2.46. The van der Waals surface area contributed by atoms with Gasteiger partial charge in [-0.15, -0.1) is 0 Å². The molecule has 11 nitrogen and oxygen atoms in total. The van der Waals surface area contributed by atoms with Crippen LogP contribution in [0.1, 0.15) is 41.0 Å². The van der Waals surface area contributed by atoms with Crippen LogP contribution in [-0.4, -0.2) is 73.6 Å². The average Bonchev–Trinajstić information content (AvgIpc) is 3.36. The van der Waals surface area contributed by atoms with E-state index in [2.05, 4.69) is 15.3 Å². The summed E-state index contributed by atoms with van der Waals surface area (Å²) in [5.74, 6) is -0.417. The molecule has 1 aromatic carbocycles. The molecule has 2 aliphatic heterocycles. The van der Waals surface area contributed by atoms with E-state index in [1.165, 1.54) is 12.1 Å². The van der Waals surface area contributed by atoms with Gasteiger partial charge in [0.15, 0.2) is 0 Å². The summed E-state index contributed by atoms with van der Waals surface area (Å²) >= 11 is 0.